The molecule has 0 fully saturated rings. The Kier molecular flexibility index (Phi) is 3.68. The third-order valence-corrected chi connectivity index (χ3v) is 2.64. The van der Waals surface area contributed by atoms with E-state index in [2.05, 4.69) is 44.8 Å². The minimum atomic E-state index is 0.343. The summed E-state index contributed by atoms with van der Waals surface area (Å²) in [4.78, 5) is 8.36. The van der Waals surface area contributed by atoms with E-state index in [0.29, 0.717) is 11.9 Å². The topological polar surface area (TPSA) is 43.6 Å². The van der Waals surface area contributed by atoms with E-state index in [9.17, 15) is 0 Å². The summed E-state index contributed by atoms with van der Waals surface area (Å²) in [7, 11) is 0. The molecule has 4 nitrogen and oxygen atoms in total. The van der Waals surface area contributed by atoms with Gasteiger partial charge in [-0.3, -0.25) is 4.68 Å². The molecule has 0 aliphatic carbocycles. The Balaban J connectivity index is 2.20. The van der Waals surface area contributed by atoms with Crippen LogP contribution in [0.5, 0.6) is 0 Å². The van der Waals surface area contributed by atoms with E-state index in [1.54, 1.807) is 18.6 Å². The van der Waals surface area contributed by atoms with Crippen LogP contribution in [-0.4, -0.2) is 19.7 Å². The smallest absolute Gasteiger partial charge is 0.151 e. The Labute approximate surface area is 109 Å². The SMILES string of the molecule is CC(C)n1nccc1/C=C/c1ncc(Br)cn1. The van der Waals surface area contributed by atoms with Crippen LogP contribution < -0.4 is 0 Å². The Hall–Kier alpha value is -1.49. The van der Waals surface area contributed by atoms with Gasteiger partial charge in [0.15, 0.2) is 5.82 Å². The van der Waals surface area contributed by atoms with Gasteiger partial charge in [0, 0.05) is 24.6 Å². The second-order valence-electron chi connectivity index (χ2n) is 3.89. The van der Waals surface area contributed by atoms with Gasteiger partial charge in [-0.25, -0.2) is 9.97 Å². The normalized spacial score (nSPS) is 11.5. The van der Waals surface area contributed by atoms with Gasteiger partial charge in [-0.1, -0.05) is 0 Å². The zero-order chi connectivity index (χ0) is 12.3. The van der Waals surface area contributed by atoms with E-state index < -0.39 is 0 Å². The third kappa shape index (κ3) is 3.00. The molecule has 2 heterocycles. The molecule has 0 aromatic carbocycles. The zero-order valence-corrected chi connectivity index (χ0v) is 11.3. The van der Waals surface area contributed by atoms with Crippen molar-refractivity contribution in [2.75, 3.05) is 0 Å². The highest BCUT2D eigenvalue weighted by atomic mass is 79.9. The lowest BCUT2D eigenvalue weighted by Crippen LogP contribution is -2.04. The summed E-state index contributed by atoms with van der Waals surface area (Å²) in [6.45, 7) is 4.20. The third-order valence-electron chi connectivity index (χ3n) is 2.23. The molecular weight excluding hydrogens is 280 g/mol. The molecule has 0 saturated heterocycles. The molecule has 0 unspecified atom stereocenters. The van der Waals surface area contributed by atoms with Crippen LogP contribution in [0.2, 0.25) is 0 Å². The van der Waals surface area contributed by atoms with Gasteiger partial charge in [-0.2, -0.15) is 5.10 Å². The number of rotatable bonds is 3. The van der Waals surface area contributed by atoms with Crippen LogP contribution in [-0.2, 0) is 0 Å². The second-order valence-corrected chi connectivity index (χ2v) is 4.80. The monoisotopic (exact) mass is 292 g/mol. The van der Waals surface area contributed by atoms with Crippen LogP contribution in [0.3, 0.4) is 0 Å². The summed E-state index contributed by atoms with van der Waals surface area (Å²) >= 11 is 3.30. The molecule has 0 spiro atoms. The predicted molar refractivity (Wildman–Crippen MR) is 71.3 cm³/mol. The van der Waals surface area contributed by atoms with Crippen molar-refractivity contribution < 1.29 is 0 Å². The van der Waals surface area contributed by atoms with Crippen molar-refractivity contribution in [1.82, 2.24) is 19.7 Å². The number of aromatic nitrogens is 4. The number of nitrogens with zero attached hydrogens (tertiary/aromatic N) is 4. The molecule has 0 bridgehead atoms. The summed E-state index contributed by atoms with van der Waals surface area (Å²) in [5.74, 6) is 0.685. The Bertz CT molecular complexity index is 514. The summed E-state index contributed by atoms with van der Waals surface area (Å²) in [5, 5.41) is 4.26. The fourth-order valence-corrected chi connectivity index (χ4v) is 1.66. The van der Waals surface area contributed by atoms with Crippen molar-refractivity contribution in [3.63, 3.8) is 0 Å². The van der Waals surface area contributed by atoms with Crippen molar-refractivity contribution in [3.8, 4) is 0 Å². The quantitative estimate of drug-likeness (QED) is 0.873. The molecule has 17 heavy (non-hydrogen) atoms. The minimum absolute atomic E-state index is 0.343. The van der Waals surface area contributed by atoms with E-state index >= 15 is 0 Å². The van der Waals surface area contributed by atoms with Crippen LogP contribution >= 0.6 is 15.9 Å². The van der Waals surface area contributed by atoms with Crippen LogP contribution in [0.1, 0.15) is 31.4 Å². The average Bonchev–Trinajstić information content (AvgIpc) is 2.76. The van der Waals surface area contributed by atoms with Gasteiger partial charge in [0.25, 0.3) is 0 Å². The van der Waals surface area contributed by atoms with Crippen LogP contribution in [0.4, 0.5) is 0 Å². The standard InChI is InChI=1S/C12H13BrN4/c1-9(2)17-11(5-6-16-17)3-4-12-14-7-10(13)8-15-12/h3-9H,1-2H3/b4-3+. The van der Waals surface area contributed by atoms with Crippen LogP contribution in [0, 0.1) is 0 Å². The van der Waals surface area contributed by atoms with Crippen molar-refractivity contribution in [2.24, 2.45) is 0 Å². The van der Waals surface area contributed by atoms with Gasteiger partial charge in [0.1, 0.15) is 0 Å². The van der Waals surface area contributed by atoms with Crippen molar-refractivity contribution in [3.05, 3.63) is 40.6 Å². The van der Waals surface area contributed by atoms with Gasteiger partial charge in [0.05, 0.1) is 10.2 Å². The molecule has 0 radical (unpaired) electrons. The molecule has 0 amide bonds. The van der Waals surface area contributed by atoms with Crippen LogP contribution in [0.15, 0.2) is 29.1 Å². The molecule has 2 aromatic heterocycles. The number of halogens is 1. The molecule has 2 aromatic rings. The van der Waals surface area contributed by atoms with Crippen molar-refractivity contribution in [1.29, 1.82) is 0 Å². The molecule has 5 heteroatoms. The molecular formula is C12H13BrN4. The first-order valence-electron chi connectivity index (χ1n) is 5.36. The summed E-state index contributed by atoms with van der Waals surface area (Å²) in [6.07, 6.45) is 9.10. The van der Waals surface area contributed by atoms with Gasteiger partial charge >= 0.3 is 0 Å². The molecule has 0 saturated carbocycles. The first-order valence-corrected chi connectivity index (χ1v) is 6.15. The molecule has 0 aliphatic heterocycles. The number of hydrogen-bond acceptors (Lipinski definition) is 3. The Morgan fingerprint density at radius 2 is 1.94 bits per heavy atom. The van der Waals surface area contributed by atoms with E-state index in [0.717, 1.165) is 10.2 Å². The Morgan fingerprint density at radius 3 is 2.59 bits per heavy atom. The summed E-state index contributed by atoms with van der Waals surface area (Å²) < 4.78 is 2.83. The lowest BCUT2D eigenvalue weighted by atomic mass is 10.3. The average molecular weight is 293 g/mol. The Morgan fingerprint density at radius 1 is 1.24 bits per heavy atom. The lowest BCUT2D eigenvalue weighted by Gasteiger charge is -2.07. The molecule has 88 valence electrons. The van der Waals surface area contributed by atoms with Crippen molar-refractivity contribution in [2.45, 2.75) is 19.9 Å². The minimum Gasteiger partial charge on any atom is -0.263 e. The maximum atomic E-state index is 4.26. The van der Waals surface area contributed by atoms with Gasteiger partial charge in [-0.15, -0.1) is 0 Å². The maximum absolute atomic E-state index is 4.26. The fraction of sp³-hybridized carbons (Fsp3) is 0.250. The van der Waals surface area contributed by atoms with E-state index in [4.69, 9.17) is 0 Å². The molecule has 0 aliphatic rings. The largest absolute Gasteiger partial charge is 0.263 e. The fourth-order valence-electron chi connectivity index (χ4n) is 1.46. The van der Waals surface area contributed by atoms with Crippen molar-refractivity contribution >= 4 is 28.1 Å². The zero-order valence-electron chi connectivity index (χ0n) is 9.71. The molecule has 0 N–H and O–H groups in total. The highest BCUT2D eigenvalue weighted by Crippen LogP contribution is 2.11. The van der Waals surface area contributed by atoms with Gasteiger partial charge < -0.3 is 0 Å². The van der Waals surface area contributed by atoms with E-state index in [1.807, 2.05) is 22.9 Å². The second kappa shape index (κ2) is 5.23. The highest BCUT2D eigenvalue weighted by Gasteiger charge is 2.02. The van der Waals surface area contributed by atoms with Crippen LogP contribution in [0.25, 0.3) is 12.2 Å². The van der Waals surface area contributed by atoms with E-state index in [1.165, 1.54) is 0 Å². The maximum Gasteiger partial charge on any atom is 0.151 e. The first kappa shape index (κ1) is 12.0. The number of hydrogen-bond donors (Lipinski definition) is 0. The predicted octanol–water partition coefficient (Wildman–Crippen LogP) is 3.19. The lowest BCUT2D eigenvalue weighted by molar-refractivity contribution is 0.528. The van der Waals surface area contributed by atoms with Gasteiger partial charge in [-0.05, 0) is 48.0 Å². The van der Waals surface area contributed by atoms with E-state index in [-0.39, 0.29) is 0 Å². The highest BCUT2D eigenvalue weighted by molar-refractivity contribution is 9.10. The molecule has 2 rings (SSSR count). The first-order chi connectivity index (χ1) is 8.16. The molecule has 0 atom stereocenters. The van der Waals surface area contributed by atoms with Gasteiger partial charge in [0.2, 0.25) is 0 Å². The summed E-state index contributed by atoms with van der Waals surface area (Å²) in [5.41, 5.74) is 1.05. The summed E-state index contributed by atoms with van der Waals surface area (Å²) in [6, 6.07) is 2.31.